The van der Waals surface area contributed by atoms with Gasteiger partial charge in [-0.25, -0.2) is 0 Å². The minimum atomic E-state index is -0.196. The van der Waals surface area contributed by atoms with E-state index in [1.54, 1.807) is 12.1 Å². The summed E-state index contributed by atoms with van der Waals surface area (Å²) < 4.78 is 0. The smallest absolute Gasteiger partial charge is 0.257 e. The summed E-state index contributed by atoms with van der Waals surface area (Å²) in [4.78, 5) is 12.0. The molecule has 0 saturated heterocycles. The Hall–Kier alpha value is -2.20. The highest BCUT2D eigenvalue weighted by atomic mass is 32.1. The maximum Gasteiger partial charge on any atom is 0.257 e. The third kappa shape index (κ3) is 4.67. The van der Waals surface area contributed by atoms with Crippen LogP contribution in [0.25, 0.3) is 0 Å². The SMILES string of the molecule is Cc1ccc(C(=O)NC(=S)NCc2cc(C)cc(C)c2)cc1. The van der Waals surface area contributed by atoms with Gasteiger partial charge in [0.25, 0.3) is 5.91 Å². The Morgan fingerprint density at radius 1 is 0.955 bits per heavy atom. The van der Waals surface area contributed by atoms with Crippen LogP contribution in [-0.2, 0) is 6.54 Å². The van der Waals surface area contributed by atoms with Crippen molar-refractivity contribution in [3.05, 3.63) is 70.3 Å². The van der Waals surface area contributed by atoms with Gasteiger partial charge >= 0.3 is 0 Å². The second-order valence-electron chi connectivity index (χ2n) is 5.50. The summed E-state index contributed by atoms with van der Waals surface area (Å²) >= 11 is 5.18. The van der Waals surface area contributed by atoms with Crippen molar-refractivity contribution in [1.82, 2.24) is 10.6 Å². The van der Waals surface area contributed by atoms with Crippen molar-refractivity contribution in [2.24, 2.45) is 0 Å². The first-order valence-electron chi connectivity index (χ1n) is 7.17. The highest BCUT2D eigenvalue weighted by Gasteiger charge is 2.07. The third-order valence-electron chi connectivity index (χ3n) is 3.28. The highest BCUT2D eigenvalue weighted by Crippen LogP contribution is 2.08. The molecule has 0 aromatic heterocycles. The molecular formula is C18H20N2OS. The normalized spacial score (nSPS) is 10.1. The molecule has 22 heavy (non-hydrogen) atoms. The Morgan fingerprint density at radius 2 is 1.55 bits per heavy atom. The van der Waals surface area contributed by atoms with Gasteiger partial charge in [-0.15, -0.1) is 0 Å². The summed E-state index contributed by atoms with van der Waals surface area (Å²) in [7, 11) is 0. The van der Waals surface area contributed by atoms with Crippen LogP contribution in [0.1, 0.15) is 32.6 Å². The molecule has 4 heteroatoms. The molecule has 2 aromatic carbocycles. The molecule has 0 fully saturated rings. The Morgan fingerprint density at radius 3 is 2.14 bits per heavy atom. The predicted octanol–water partition coefficient (Wildman–Crippen LogP) is 3.42. The summed E-state index contributed by atoms with van der Waals surface area (Å²) in [6.07, 6.45) is 0. The van der Waals surface area contributed by atoms with Crippen LogP contribution in [0.3, 0.4) is 0 Å². The second kappa shape index (κ2) is 7.18. The molecule has 2 N–H and O–H groups in total. The van der Waals surface area contributed by atoms with Crippen LogP contribution in [0, 0.1) is 20.8 Å². The van der Waals surface area contributed by atoms with Crippen LogP contribution in [0.2, 0.25) is 0 Å². The molecule has 0 aliphatic heterocycles. The van der Waals surface area contributed by atoms with Gasteiger partial charge in [0.1, 0.15) is 0 Å². The molecular weight excluding hydrogens is 292 g/mol. The molecule has 0 aliphatic rings. The Kier molecular flexibility index (Phi) is 5.28. The summed E-state index contributed by atoms with van der Waals surface area (Å²) in [5, 5.41) is 6.10. The zero-order chi connectivity index (χ0) is 16.1. The fourth-order valence-electron chi connectivity index (χ4n) is 2.28. The van der Waals surface area contributed by atoms with E-state index in [0.29, 0.717) is 17.2 Å². The van der Waals surface area contributed by atoms with E-state index in [1.165, 1.54) is 11.1 Å². The van der Waals surface area contributed by atoms with Crippen molar-refractivity contribution in [1.29, 1.82) is 0 Å². The fraction of sp³-hybridized carbons (Fsp3) is 0.222. The van der Waals surface area contributed by atoms with Crippen molar-refractivity contribution in [2.45, 2.75) is 27.3 Å². The molecule has 2 rings (SSSR count). The number of nitrogens with one attached hydrogen (secondary N) is 2. The minimum absolute atomic E-state index is 0.196. The molecule has 1 amide bonds. The molecule has 0 radical (unpaired) electrons. The number of carbonyl (C=O) groups excluding carboxylic acids is 1. The lowest BCUT2D eigenvalue weighted by molar-refractivity contribution is 0.0976. The van der Waals surface area contributed by atoms with Crippen LogP contribution >= 0.6 is 12.2 Å². The van der Waals surface area contributed by atoms with Crippen LogP contribution in [-0.4, -0.2) is 11.0 Å². The number of hydrogen-bond donors (Lipinski definition) is 2. The van der Waals surface area contributed by atoms with Crippen LogP contribution in [0.4, 0.5) is 0 Å². The van der Waals surface area contributed by atoms with Crippen molar-refractivity contribution in [3.8, 4) is 0 Å². The van der Waals surface area contributed by atoms with Gasteiger partial charge in [0.15, 0.2) is 5.11 Å². The molecule has 0 heterocycles. The Balaban J connectivity index is 1.90. The van der Waals surface area contributed by atoms with Crippen molar-refractivity contribution < 1.29 is 4.79 Å². The average Bonchev–Trinajstić information content (AvgIpc) is 2.45. The lowest BCUT2D eigenvalue weighted by Crippen LogP contribution is -2.38. The van der Waals surface area contributed by atoms with E-state index < -0.39 is 0 Å². The van der Waals surface area contributed by atoms with Gasteiger partial charge < -0.3 is 5.32 Å². The van der Waals surface area contributed by atoms with Crippen molar-refractivity contribution in [3.63, 3.8) is 0 Å². The molecule has 3 nitrogen and oxygen atoms in total. The number of rotatable bonds is 3. The maximum absolute atomic E-state index is 12.0. The molecule has 0 bridgehead atoms. The topological polar surface area (TPSA) is 41.1 Å². The second-order valence-corrected chi connectivity index (χ2v) is 5.91. The molecule has 0 aliphatic carbocycles. The van der Waals surface area contributed by atoms with E-state index in [2.05, 4.69) is 42.7 Å². The predicted molar refractivity (Wildman–Crippen MR) is 94.0 cm³/mol. The molecule has 2 aromatic rings. The van der Waals surface area contributed by atoms with Gasteiger partial charge in [0.2, 0.25) is 0 Å². The highest BCUT2D eigenvalue weighted by molar-refractivity contribution is 7.80. The minimum Gasteiger partial charge on any atom is -0.358 e. The quantitative estimate of drug-likeness (QED) is 0.853. The zero-order valence-corrected chi connectivity index (χ0v) is 13.9. The van der Waals surface area contributed by atoms with Crippen LogP contribution in [0.15, 0.2) is 42.5 Å². The van der Waals surface area contributed by atoms with Gasteiger partial charge in [0.05, 0.1) is 0 Å². The summed E-state index contributed by atoms with van der Waals surface area (Å²) in [5.74, 6) is -0.196. The van der Waals surface area contributed by atoms with Gasteiger partial charge in [-0.1, -0.05) is 47.0 Å². The fourth-order valence-corrected chi connectivity index (χ4v) is 2.44. The number of carbonyl (C=O) groups is 1. The Bertz CT molecular complexity index is 672. The van der Waals surface area contributed by atoms with E-state index in [4.69, 9.17) is 12.2 Å². The third-order valence-corrected chi connectivity index (χ3v) is 3.52. The number of hydrogen-bond acceptors (Lipinski definition) is 2. The number of amides is 1. The number of benzene rings is 2. The first kappa shape index (κ1) is 16.2. The van der Waals surface area contributed by atoms with Crippen molar-refractivity contribution in [2.75, 3.05) is 0 Å². The lowest BCUT2D eigenvalue weighted by atomic mass is 10.1. The maximum atomic E-state index is 12.0. The first-order valence-corrected chi connectivity index (χ1v) is 7.58. The van der Waals surface area contributed by atoms with Crippen LogP contribution in [0.5, 0.6) is 0 Å². The molecule has 0 unspecified atom stereocenters. The first-order chi connectivity index (χ1) is 10.4. The molecule has 0 saturated carbocycles. The van der Waals surface area contributed by atoms with Gasteiger partial charge in [-0.3, -0.25) is 10.1 Å². The van der Waals surface area contributed by atoms with E-state index in [-0.39, 0.29) is 5.91 Å². The Labute approximate surface area is 136 Å². The van der Waals surface area contributed by atoms with E-state index >= 15 is 0 Å². The van der Waals surface area contributed by atoms with Gasteiger partial charge in [0, 0.05) is 12.1 Å². The van der Waals surface area contributed by atoms with Gasteiger partial charge in [-0.2, -0.15) is 0 Å². The summed E-state index contributed by atoms with van der Waals surface area (Å²) in [6.45, 7) is 6.70. The number of aryl methyl sites for hydroxylation is 3. The molecule has 0 spiro atoms. The van der Waals surface area contributed by atoms with E-state index in [1.807, 2.05) is 19.1 Å². The molecule has 0 atom stereocenters. The summed E-state index contributed by atoms with van der Waals surface area (Å²) in [5.41, 5.74) is 5.29. The largest absolute Gasteiger partial charge is 0.358 e. The summed E-state index contributed by atoms with van der Waals surface area (Å²) in [6, 6.07) is 13.7. The van der Waals surface area contributed by atoms with Crippen molar-refractivity contribution >= 4 is 23.2 Å². The number of thiocarbonyl (C=S) groups is 1. The zero-order valence-electron chi connectivity index (χ0n) is 13.1. The average molecular weight is 312 g/mol. The van der Waals surface area contributed by atoms with E-state index in [0.717, 1.165) is 11.1 Å². The lowest BCUT2D eigenvalue weighted by Gasteiger charge is -2.11. The molecule has 114 valence electrons. The van der Waals surface area contributed by atoms with Gasteiger partial charge in [-0.05, 0) is 50.7 Å². The van der Waals surface area contributed by atoms with Crippen LogP contribution < -0.4 is 10.6 Å². The standard InChI is InChI=1S/C18H20N2OS/c1-12-4-6-16(7-5-12)17(21)20-18(22)19-11-15-9-13(2)8-14(3)10-15/h4-10H,11H2,1-3H3,(H2,19,20,21,22). The monoisotopic (exact) mass is 312 g/mol. The van der Waals surface area contributed by atoms with E-state index in [9.17, 15) is 4.79 Å².